The fourth-order valence-corrected chi connectivity index (χ4v) is 4.39. The molecular formula is C16H14ClN3O3S2. The molecule has 0 atom stereocenters. The van der Waals surface area contributed by atoms with Crippen LogP contribution in [0.4, 0.5) is 5.13 Å². The number of nitrogens with zero attached hydrogens (tertiary/aromatic N) is 2. The molecule has 2 aromatic carbocycles. The van der Waals surface area contributed by atoms with Crippen LogP contribution in [0.5, 0.6) is 5.75 Å². The Morgan fingerprint density at radius 1 is 1.12 bits per heavy atom. The summed E-state index contributed by atoms with van der Waals surface area (Å²) >= 11 is 7.15. The molecule has 0 unspecified atom stereocenters. The number of aromatic nitrogens is 2. The van der Waals surface area contributed by atoms with Crippen molar-refractivity contribution < 1.29 is 13.2 Å². The fourth-order valence-electron chi connectivity index (χ4n) is 2.07. The summed E-state index contributed by atoms with van der Waals surface area (Å²) in [6.07, 6.45) is 0. The van der Waals surface area contributed by atoms with Crippen LogP contribution in [0.25, 0.3) is 10.6 Å². The van der Waals surface area contributed by atoms with E-state index < -0.39 is 10.0 Å². The standard InChI is InChI=1S/C16H14ClN3O3S2/c1-10-3-5-11(6-4-10)15-18-19-16(24-15)20-25(21,22)12-7-8-14(23-2)13(17)9-12/h3-9H,1-2H3,(H,19,20). The lowest BCUT2D eigenvalue weighted by atomic mass is 10.2. The number of anilines is 1. The second kappa shape index (κ2) is 6.99. The summed E-state index contributed by atoms with van der Waals surface area (Å²) in [6.45, 7) is 1.99. The van der Waals surface area contributed by atoms with Gasteiger partial charge in [-0.15, -0.1) is 10.2 Å². The maximum Gasteiger partial charge on any atom is 0.263 e. The van der Waals surface area contributed by atoms with Crippen LogP contribution in [0.15, 0.2) is 47.4 Å². The van der Waals surface area contributed by atoms with E-state index >= 15 is 0 Å². The summed E-state index contributed by atoms with van der Waals surface area (Å²) in [4.78, 5) is 0.0189. The van der Waals surface area contributed by atoms with E-state index in [1.807, 2.05) is 31.2 Å². The molecule has 0 amide bonds. The third-order valence-corrected chi connectivity index (χ3v) is 6.03. The zero-order valence-electron chi connectivity index (χ0n) is 13.4. The number of hydrogen-bond donors (Lipinski definition) is 1. The molecule has 0 saturated carbocycles. The molecule has 0 aliphatic heterocycles. The Morgan fingerprint density at radius 2 is 1.84 bits per heavy atom. The molecule has 0 fully saturated rings. The maximum absolute atomic E-state index is 12.5. The SMILES string of the molecule is COc1ccc(S(=O)(=O)Nc2nnc(-c3ccc(C)cc3)s2)cc1Cl. The number of sulfonamides is 1. The van der Waals surface area contributed by atoms with Crippen molar-refractivity contribution in [2.24, 2.45) is 0 Å². The molecule has 6 nitrogen and oxygen atoms in total. The summed E-state index contributed by atoms with van der Waals surface area (Å²) in [5, 5.41) is 8.96. The number of benzene rings is 2. The molecular weight excluding hydrogens is 382 g/mol. The Labute approximate surface area is 154 Å². The first kappa shape index (κ1) is 17.7. The summed E-state index contributed by atoms with van der Waals surface area (Å²) in [6, 6.07) is 12.0. The molecule has 1 N–H and O–H groups in total. The van der Waals surface area contributed by atoms with Crippen molar-refractivity contribution in [1.29, 1.82) is 0 Å². The lowest BCUT2D eigenvalue weighted by Gasteiger charge is -2.07. The smallest absolute Gasteiger partial charge is 0.263 e. The minimum absolute atomic E-state index is 0.0189. The van der Waals surface area contributed by atoms with Gasteiger partial charge in [0.1, 0.15) is 10.8 Å². The van der Waals surface area contributed by atoms with Gasteiger partial charge in [-0.3, -0.25) is 4.72 Å². The van der Waals surface area contributed by atoms with Gasteiger partial charge in [-0.2, -0.15) is 0 Å². The number of hydrogen-bond acceptors (Lipinski definition) is 6. The Hall–Kier alpha value is -2.16. The molecule has 0 aliphatic rings. The number of rotatable bonds is 5. The highest BCUT2D eigenvalue weighted by atomic mass is 35.5. The van der Waals surface area contributed by atoms with Gasteiger partial charge in [-0.1, -0.05) is 52.8 Å². The largest absolute Gasteiger partial charge is 0.495 e. The van der Waals surface area contributed by atoms with Gasteiger partial charge in [0.15, 0.2) is 0 Å². The number of halogens is 1. The zero-order chi connectivity index (χ0) is 18.0. The monoisotopic (exact) mass is 395 g/mol. The minimum atomic E-state index is -3.82. The average Bonchev–Trinajstić information content (AvgIpc) is 3.03. The van der Waals surface area contributed by atoms with Gasteiger partial charge < -0.3 is 4.74 Å². The van der Waals surface area contributed by atoms with Gasteiger partial charge in [0, 0.05) is 5.56 Å². The van der Waals surface area contributed by atoms with Gasteiger partial charge in [0.25, 0.3) is 10.0 Å². The Morgan fingerprint density at radius 3 is 2.48 bits per heavy atom. The van der Waals surface area contributed by atoms with Gasteiger partial charge in [0.05, 0.1) is 17.0 Å². The normalized spacial score (nSPS) is 11.3. The van der Waals surface area contributed by atoms with E-state index in [0.717, 1.165) is 22.5 Å². The number of nitrogens with one attached hydrogen (secondary N) is 1. The van der Waals surface area contributed by atoms with Gasteiger partial charge >= 0.3 is 0 Å². The van der Waals surface area contributed by atoms with Gasteiger partial charge in [-0.05, 0) is 25.1 Å². The van der Waals surface area contributed by atoms with Crippen LogP contribution in [-0.2, 0) is 10.0 Å². The first-order valence-corrected chi connectivity index (χ1v) is 9.84. The van der Waals surface area contributed by atoms with Crippen LogP contribution in [0.3, 0.4) is 0 Å². The predicted octanol–water partition coefficient (Wildman–Crippen LogP) is 3.98. The molecule has 130 valence electrons. The van der Waals surface area contributed by atoms with Crippen molar-refractivity contribution in [3.8, 4) is 16.3 Å². The molecule has 1 heterocycles. The second-order valence-corrected chi connectivity index (χ2v) is 8.25. The predicted molar refractivity (Wildman–Crippen MR) is 98.9 cm³/mol. The van der Waals surface area contributed by atoms with Crippen molar-refractivity contribution in [1.82, 2.24) is 10.2 Å². The van der Waals surface area contributed by atoms with Crippen LogP contribution < -0.4 is 9.46 Å². The van der Waals surface area contributed by atoms with Crippen LogP contribution in [0, 0.1) is 6.92 Å². The van der Waals surface area contributed by atoms with Crippen molar-refractivity contribution in [2.45, 2.75) is 11.8 Å². The number of ether oxygens (including phenoxy) is 1. The van der Waals surface area contributed by atoms with E-state index in [1.54, 1.807) is 0 Å². The first-order valence-electron chi connectivity index (χ1n) is 7.16. The van der Waals surface area contributed by atoms with Crippen LogP contribution >= 0.6 is 22.9 Å². The summed E-state index contributed by atoms with van der Waals surface area (Å²) in [5.41, 5.74) is 2.01. The number of aryl methyl sites for hydroxylation is 1. The Balaban J connectivity index is 1.84. The summed E-state index contributed by atoms with van der Waals surface area (Å²) < 4.78 is 32.4. The summed E-state index contributed by atoms with van der Waals surface area (Å²) in [7, 11) is -2.36. The third kappa shape index (κ3) is 3.92. The molecule has 0 saturated heterocycles. The first-order chi connectivity index (χ1) is 11.9. The van der Waals surface area contributed by atoms with E-state index in [4.69, 9.17) is 16.3 Å². The van der Waals surface area contributed by atoms with Crippen LogP contribution in [0.1, 0.15) is 5.56 Å². The van der Waals surface area contributed by atoms with Crippen molar-refractivity contribution in [3.05, 3.63) is 53.1 Å². The van der Waals surface area contributed by atoms with E-state index in [-0.39, 0.29) is 15.0 Å². The average molecular weight is 396 g/mol. The minimum Gasteiger partial charge on any atom is -0.495 e. The lowest BCUT2D eigenvalue weighted by molar-refractivity contribution is 0.414. The van der Waals surface area contributed by atoms with E-state index in [9.17, 15) is 8.42 Å². The Kier molecular flexibility index (Phi) is 4.94. The summed E-state index contributed by atoms with van der Waals surface area (Å²) in [5.74, 6) is 0.401. The maximum atomic E-state index is 12.5. The van der Waals surface area contributed by atoms with E-state index in [1.165, 1.54) is 25.3 Å². The molecule has 0 aliphatic carbocycles. The zero-order valence-corrected chi connectivity index (χ0v) is 15.7. The van der Waals surface area contributed by atoms with Gasteiger partial charge in [0.2, 0.25) is 5.13 Å². The molecule has 0 bridgehead atoms. The highest BCUT2D eigenvalue weighted by Crippen LogP contribution is 2.30. The van der Waals surface area contributed by atoms with Crippen LogP contribution in [0.2, 0.25) is 5.02 Å². The van der Waals surface area contributed by atoms with Crippen molar-refractivity contribution in [2.75, 3.05) is 11.8 Å². The second-order valence-electron chi connectivity index (χ2n) is 5.18. The Bertz CT molecular complexity index is 1000. The van der Waals surface area contributed by atoms with Gasteiger partial charge in [-0.25, -0.2) is 8.42 Å². The molecule has 3 aromatic rings. The molecule has 3 rings (SSSR count). The lowest BCUT2D eigenvalue weighted by Crippen LogP contribution is -2.12. The van der Waals surface area contributed by atoms with E-state index in [2.05, 4.69) is 14.9 Å². The third-order valence-electron chi connectivity index (χ3n) is 3.38. The fraction of sp³-hybridized carbons (Fsp3) is 0.125. The molecule has 9 heteroatoms. The molecule has 0 spiro atoms. The number of methoxy groups -OCH3 is 1. The highest BCUT2D eigenvalue weighted by Gasteiger charge is 2.19. The van der Waals surface area contributed by atoms with Crippen molar-refractivity contribution in [3.63, 3.8) is 0 Å². The quantitative estimate of drug-likeness (QED) is 0.706. The van der Waals surface area contributed by atoms with E-state index in [0.29, 0.717) is 10.8 Å². The van der Waals surface area contributed by atoms with Crippen molar-refractivity contribution >= 4 is 38.1 Å². The molecule has 25 heavy (non-hydrogen) atoms. The topological polar surface area (TPSA) is 81.2 Å². The van der Waals surface area contributed by atoms with Crippen LogP contribution in [-0.4, -0.2) is 25.7 Å². The molecule has 0 radical (unpaired) electrons. The molecule has 1 aromatic heterocycles. The highest BCUT2D eigenvalue weighted by molar-refractivity contribution is 7.93.